The van der Waals surface area contributed by atoms with Crippen LogP contribution < -0.4 is 15.8 Å². The predicted octanol–water partition coefficient (Wildman–Crippen LogP) is 2.86. The fourth-order valence-corrected chi connectivity index (χ4v) is 5.47. The maximum Gasteiger partial charge on any atom is 0.281 e. The lowest BCUT2D eigenvalue weighted by Gasteiger charge is -2.25. The minimum absolute atomic E-state index is 0.0779. The van der Waals surface area contributed by atoms with Crippen LogP contribution in [0.5, 0.6) is 0 Å². The van der Waals surface area contributed by atoms with Gasteiger partial charge >= 0.3 is 0 Å². The van der Waals surface area contributed by atoms with E-state index in [1.165, 1.54) is 24.5 Å². The summed E-state index contributed by atoms with van der Waals surface area (Å²) < 4.78 is 25.5. The molecule has 0 spiro atoms. The number of carbonyl (C=O) groups excluding carboxylic acids is 2. The normalized spacial score (nSPS) is 14.1. The highest BCUT2D eigenvalue weighted by atomic mass is 32.1. The summed E-state index contributed by atoms with van der Waals surface area (Å²) in [5, 5.41) is 1.11. The number of aryl methyl sites for hydroxylation is 1. The number of thiazole rings is 1. The summed E-state index contributed by atoms with van der Waals surface area (Å²) in [4.78, 5) is 32.7. The van der Waals surface area contributed by atoms with Gasteiger partial charge < -0.3 is 14.4 Å². The number of nitrogens with zero attached hydrogens (tertiary/aromatic N) is 2. The first-order chi connectivity index (χ1) is 15.0. The van der Waals surface area contributed by atoms with Crippen molar-refractivity contribution in [3.63, 3.8) is 0 Å². The Labute approximate surface area is 185 Å². The van der Waals surface area contributed by atoms with Gasteiger partial charge in [0, 0.05) is 35.8 Å². The Bertz CT molecular complexity index is 1120. The number of rotatable bonds is 5. The largest absolute Gasteiger partial charge is 0.380 e. The molecule has 2 aromatic heterocycles. The second-order valence-corrected chi connectivity index (χ2v) is 8.90. The zero-order valence-corrected chi connectivity index (χ0v) is 18.6. The van der Waals surface area contributed by atoms with Crippen molar-refractivity contribution in [1.29, 1.82) is 0 Å². The zero-order valence-electron chi connectivity index (χ0n) is 17.0. The van der Waals surface area contributed by atoms with E-state index in [1.807, 2.05) is 0 Å². The summed E-state index contributed by atoms with van der Waals surface area (Å²) >= 11 is 2.42. The van der Waals surface area contributed by atoms with Gasteiger partial charge in [0.1, 0.15) is 15.6 Å². The Hall–Kier alpha value is -2.60. The second-order valence-electron chi connectivity index (χ2n) is 6.87. The number of hydrogen-bond acceptors (Lipinski definition) is 8. The molecular formula is C20H21FN4O4S2. The molecule has 11 heteroatoms. The molecule has 1 fully saturated rings. The predicted molar refractivity (Wildman–Crippen MR) is 117 cm³/mol. The van der Waals surface area contributed by atoms with Crippen LogP contribution in [-0.4, -0.2) is 50.2 Å². The summed E-state index contributed by atoms with van der Waals surface area (Å²) in [6.07, 6.45) is 0. The number of anilines is 1. The lowest BCUT2D eigenvalue weighted by atomic mass is 10.1. The number of fused-ring (bicyclic) bond motifs is 1. The van der Waals surface area contributed by atoms with E-state index in [9.17, 15) is 14.0 Å². The molecule has 8 nitrogen and oxygen atoms in total. The molecule has 31 heavy (non-hydrogen) atoms. The number of amides is 2. The minimum Gasteiger partial charge on any atom is -0.380 e. The van der Waals surface area contributed by atoms with E-state index in [1.54, 1.807) is 19.1 Å². The molecule has 0 atom stereocenters. The third-order valence-electron chi connectivity index (χ3n) is 4.82. The number of benzene rings is 1. The van der Waals surface area contributed by atoms with Crippen molar-refractivity contribution in [2.45, 2.75) is 13.5 Å². The molecule has 2 amide bonds. The van der Waals surface area contributed by atoms with Crippen molar-refractivity contribution in [3.05, 3.63) is 45.0 Å². The fourth-order valence-electron chi connectivity index (χ4n) is 3.34. The lowest BCUT2D eigenvalue weighted by Crippen LogP contribution is -2.41. The first kappa shape index (κ1) is 21.6. The van der Waals surface area contributed by atoms with Gasteiger partial charge in [-0.15, -0.1) is 11.3 Å². The molecule has 1 aromatic carbocycles. The maximum atomic E-state index is 14.3. The van der Waals surface area contributed by atoms with Gasteiger partial charge in [0.25, 0.3) is 11.8 Å². The third-order valence-corrected chi connectivity index (χ3v) is 7.23. The van der Waals surface area contributed by atoms with E-state index in [2.05, 4.69) is 20.7 Å². The Morgan fingerprint density at radius 3 is 2.61 bits per heavy atom. The molecule has 1 aliphatic heterocycles. The standard InChI is InChI=1S/C20H21FN4O4S2/c1-11-16(31-20(22-11)25-6-8-29-9-7-25)18(26)23-24-19(27)17-12(10-28-2)15-13(21)4-3-5-14(15)30-17/h3-5H,6-10H2,1-2H3,(H,23,26)(H,24,27). The molecular weight excluding hydrogens is 443 g/mol. The molecule has 0 radical (unpaired) electrons. The molecule has 3 heterocycles. The van der Waals surface area contributed by atoms with Gasteiger partial charge in [0.2, 0.25) is 0 Å². The van der Waals surface area contributed by atoms with Crippen molar-refractivity contribution in [3.8, 4) is 0 Å². The molecule has 4 rings (SSSR count). The Morgan fingerprint density at radius 1 is 1.19 bits per heavy atom. The van der Waals surface area contributed by atoms with Crippen molar-refractivity contribution < 1.29 is 23.5 Å². The Kier molecular flexibility index (Phi) is 6.46. The van der Waals surface area contributed by atoms with Crippen LogP contribution in [-0.2, 0) is 16.1 Å². The quantitative estimate of drug-likeness (QED) is 0.564. The summed E-state index contributed by atoms with van der Waals surface area (Å²) in [6, 6.07) is 4.68. The molecule has 1 saturated heterocycles. The number of hydrazine groups is 1. The monoisotopic (exact) mass is 464 g/mol. The number of methoxy groups -OCH3 is 1. The van der Waals surface area contributed by atoms with E-state index in [0.29, 0.717) is 39.4 Å². The summed E-state index contributed by atoms with van der Waals surface area (Å²) in [5.74, 6) is -1.40. The highest BCUT2D eigenvalue weighted by Crippen LogP contribution is 2.33. The lowest BCUT2D eigenvalue weighted by molar-refractivity contribution is 0.0848. The van der Waals surface area contributed by atoms with Gasteiger partial charge in [-0.3, -0.25) is 20.4 Å². The number of hydrogen-bond donors (Lipinski definition) is 2. The van der Waals surface area contributed by atoms with Crippen molar-refractivity contribution in [2.24, 2.45) is 0 Å². The number of aromatic nitrogens is 1. The topological polar surface area (TPSA) is 92.8 Å². The summed E-state index contributed by atoms with van der Waals surface area (Å²) in [5.41, 5.74) is 5.92. The number of halogens is 1. The molecule has 0 saturated carbocycles. The molecule has 1 aliphatic rings. The number of carbonyl (C=O) groups is 2. The second kappa shape index (κ2) is 9.27. The highest BCUT2D eigenvalue weighted by Gasteiger charge is 2.23. The van der Waals surface area contributed by atoms with E-state index in [-0.39, 0.29) is 11.5 Å². The van der Waals surface area contributed by atoms with E-state index in [0.717, 1.165) is 29.6 Å². The smallest absolute Gasteiger partial charge is 0.281 e. The maximum absolute atomic E-state index is 14.3. The third kappa shape index (κ3) is 4.40. The van der Waals surface area contributed by atoms with Crippen LogP contribution >= 0.6 is 22.7 Å². The van der Waals surface area contributed by atoms with E-state index in [4.69, 9.17) is 9.47 Å². The molecule has 164 valence electrons. The number of morpholine rings is 1. The average molecular weight is 465 g/mol. The van der Waals surface area contributed by atoms with E-state index >= 15 is 0 Å². The van der Waals surface area contributed by atoms with Crippen molar-refractivity contribution in [2.75, 3.05) is 38.3 Å². The van der Waals surface area contributed by atoms with Crippen molar-refractivity contribution >= 4 is 49.7 Å². The summed E-state index contributed by atoms with van der Waals surface area (Å²) in [7, 11) is 1.48. The average Bonchev–Trinajstić information content (AvgIpc) is 3.34. The van der Waals surface area contributed by atoms with Crippen LogP contribution in [0, 0.1) is 12.7 Å². The Morgan fingerprint density at radius 2 is 1.90 bits per heavy atom. The van der Waals surface area contributed by atoms with Crippen LogP contribution in [0.15, 0.2) is 18.2 Å². The van der Waals surface area contributed by atoms with Crippen LogP contribution in [0.1, 0.15) is 30.6 Å². The minimum atomic E-state index is -0.531. The van der Waals surface area contributed by atoms with Gasteiger partial charge in [-0.25, -0.2) is 9.37 Å². The van der Waals surface area contributed by atoms with Crippen LogP contribution in [0.2, 0.25) is 0 Å². The van der Waals surface area contributed by atoms with Gasteiger partial charge in [-0.2, -0.15) is 0 Å². The first-order valence-corrected chi connectivity index (χ1v) is 11.2. The molecule has 3 aromatic rings. The SMILES string of the molecule is COCc1c(C(=O)NNC(=O)c2sc(N3CCOCC3)nc2C)sc2cccc(F)c12. The van der Waals surface area contributed by atoms with Gasteiger partial charge in [0.05, 0.1) is 25.5 Å². The number of nitrogens with one attached hydrogen (secondary N) is 2. The first-order valence-electron chi connectivity index (χ1n) is 9.59. The van der Waals surface area contributed by atoms with Gasteiger partial charge in [-0.05, 0) is 19.1 Å². The van der Waals surface area contributed by atoms with Crippen LogP contribution in [0.4, 0.5) is 9.52 Å². The number of ether oxygens (including phenoxy) is 2. The fraction of sp³-hybridized carbons (Fsp3) is 0.350. The van der Waals surface area contributed by atoms with Crippen molar-refractivity contribution in [1.82, 2.24) is 15.8 Å². The Balaban J connectivity index is 1.49. The molecule has 0 bridgehead atoms. The van der Waals surface area contributed by atoms with E-state index < -0.39 is 17.6 Å². The van der Waals surface area contributed by atoms with Crippen LogP contribution in [0.3, 0.4) is 0 Å². The van der Waals surface area contributed by atoms with Gasteiger partial charge in [0.15, 0.2) is 5.13 Å². The summed E-state index contributed by atoms with van der Waals surface area (Å²) in [6.45, 7) is 4.51. The highest BCUT2D eigenvalue weighted by molar-refractivity contribution is 7.21. The number of thiophene rings is 1. The van der Waals surface area contributed by atoms with Gasteiger partial charge in [-0.1, -0.05) is 17.4 Å². The molecule has 0 unspecified atom stereocenters. The zero-order chi connectivity index (χ0) is 22.0. The molecule has 0 aliphatic carbocycles. The molecule has 2 N–H and O–H groups in total. The van der Waals surface area contributed by atoms with Crippen LogP contribution in [0.25, 0.3) is 10.1 Å².